The zero-order valence-electron chi connectivity index (χ0n) is 9.04. The molecule has 0 spiro atoms. The van der Waals surface area contributed by atoms with E-state index < -0.39 is 0 Å². The molecule has 0 amide bonds. The highest BCUT2D eigenvalue weighted by Gasteiger charge is 2.02. The molecule has 2 aromatic rings. The molecule has 0 saturated heterocycles. The molecule has 0 radical (unpaired) electrons. The first-order valence-corrected chi connectivity index (χ1v) is 5.54. The third kappa shape index (κ3) is 2.67. The van der Waals surface area contributed by atoms with Gasteiger partial charge in [-0.2, -0.15) is 0 Å². The van der Waals surface area contributed by atoms with Gasteiger partial charge in [0.15, 0.2) is 0 Å². The van der Waals surface area contributed by atoms with Gasteiger partial charge in [-0.1, -0.05) is 12.1 Å². The third-order valence-corrected chi connectivity index (χ3v) is 3.20. The van der Waals surface area contributed by atoms with Gasteiger partial charge in [0.1, 0.15) is 0 Å². The number of hydrogen-bond donors (Lipinski definition) is 0. The molecule has 0 aliphatic heterocycles. The molecule has 2 rings (SSSR count). The second kappa shape index (κ2) is 4.90. The van der Waals surface area contributed by atoms with Crippen LogP contribution in [-0.4, -0.2) is 4.98 Å². The van der Waals surface area contributed by atoms with Crippen molar-refractivity contribution in [3.05, 3.63) is 39.7 Å². The van der Waals surface area contributed by atoms with Crippen molar-refractivity contribution in [3.8, 4) is 11.3 Å². The molecule has 3 heteroatoms. The van der Waals surface area contributed by atoms with Crippen LogP contribution in [0.4, 0.5) is 0 Å². The third-order valence-electron chi connectivity index (χ3n) is 2.42. The van der Waals surface area contributed by atoms with E-state index >= 15 is 0 Å². The molecule has 1 aromatic heterocycles. The summed E-state index contributed by atoms with van der Waals surface area (Å²) in [7, 11) is 0. The van der Waals surface area contributed by atoms with Crippen LogP contribution in [0.25, 0.3) is 11.3 Å². The minimum atomic E-state index is 0. The van der Waals surface area contributed by atoms with Gasteiger partial charge in [-0.05, 0) is 38.0 Å². The molecule has 0 aliphatic rings. The van der Waals surface area contributed by atoms with E-state index in [0.717, 1.165) is 10.7 Å². The van der Waals surface area contributed by atoms with Crippen molar-refractivity contribution in [2.24, 2.45) is 0 Å². The van der Waals surface area contributed by atoms with Gasteiger partial charge < -0.3 is 17.0 Å². The molecule has 0 aliphatic carbocycles. The van der Waals surface area contributed by atoms with E-state index in [9.17, 15) is 0 Å². The second-order valence-corrected chi connectivity index (χ2v) is 4.61. The summed E-state index contributed by atoms with van der Waals surface area (Å²) >= 11 is 1.70. The van der Waals surface area contributed by atoms with Crippen LogP contribution < -0.4 is 17.0 Å². The molecule has 1 aromatic carbocycles. The van der Waals surface area contributed by atoms with Gasteiger partial charge in [-0.15, -0.1) is 11.3 Å². The summed E-state index contributed by atoms with van der Waals surface area (Å²) in [6.45, 7) is 6.30. The lowest BCUT2D eigenvalue weighted by atomic mass is 10.1. The van der Waals surface area contributed by atoms with Crippen LogP contribution in [0, 0.1) is 20.8 Å². The summed E-state index contributed by atoms with van der Waals surface area (Å²) in [5.41, 5.74) is 4.97. The molecule has 0 unspecified atom stereocenters. The average molecular weight is 283 g/mol. The Morgan fingerprint density at radius 1 is 1.07 bits per heavy atom. The largest absolute Gasteiger partial charge is 1.00 e. The topological polar surface area (TPSA) is 12.9 Å². The molecule has 0 atom stereocenters. The zero-order valence-corrected chi connectivity index (χ0v) is 11.4. The van der Waals surface area contributed by atoms with E-state index in [4.69, 9.17) is 0 Å². The molecule has 1 heterocycles. The molecule has 0 N–H and O–H groups in total. The number of thiazole rings is 1. The van der Waals surface area contributed by atoms with Crippen molar-refractivity contribution in [2.45, 2.75) is 20.8 Å². The summed E-state index contributed by atoms with van der Waals surface area (Å²) < 4.78 is 0. The van der Waals surface area contributed by atoms with Gasteiger partial charge in [0.2, 0.25) is 0 Å². The summed E-state index contributed by atoms with van der Waals surface area (Å²) in [4.78, 5) is 4.47. The number of benzene rings is 1. The van der Waals surface area contributed by atoms with Crippen LogP contribution >= 0.6 is 11.3 Å². The van der Waals surface area contributed by atoms with Crippen LogP contribution in [-0.2, 0) is 0 Å². The Bertz CT molecular complexity index is 462. The fourth-order valence-electron chi connectivity index (χ4n) is 1.40. The molecular weight excluding hydrogens is 270 g/mol. The van der Waals surface area contributed by atoms with E-state index in [2.05, 4.69) is 42.4 Å². The van der Waals surface area contributed by atoms with Crippen molar-refractivity contribution in [3.63, 3.8) is 0 Å². The average Bonchev–Trinajstić information content (AvgIpc) is 2.57. The Morgan fingerprint density at radius 2 is 1.80 bits per heavy atom. The molecule has 0 saturated carbocycles. The second-order valence-electron chi connectivity index (χ2n) is 3.55. The Morgan fingerprint density at radius 3 is 2.33 bits per heavy atom. The maximum absolute atomic E-state index is 4.47. The Kier molecular flexibility index (Phi) is 4.05. The van der Waals surface area contributed by atoms with E-state index in [0.29, 0.717) is 0 Å². The fourth-order valence-corrected chi connectivity index (χ4v) is 2.02. The van der Waals surface area contributed by atoms with E-state index in [1.807, 2.05) is 6.92 Å². The van der Waals surface area contributed by atoms with Gasteiger partial charge >= 0.3 is 0 Å². The van der Waals surface area contributed by atoms with Gasteiger partial charge in [0.25, 0.3) is 0 Å². The van der Waals surface area contributed by atoms with Crippen molar-refractivity contribution < 1.29 is 17.0 Å². The van der Waals surface area contributed by atoms with E-state index in [1.54, 1.807) is 11.3 Å². The highest BCUT2D eigenvalue weighted by atomic mass is 79.9. The minimum absolute atomic E-state index is 0. The number of aromatic nitrogens is 1. The normalized spacial score (nSPS) is 9.80. The number of halogens is 1. The van der Waals surface area contributed by atoms with Gasteiger partial charge in [-0.3, -0.25) is 0 Å². The van der Waals surface area contributed by atoms with E-state index in [1.165, 1.54) is 16.7 Å². The summed E-state index contributed by atoms with van der Waals surface area (Å²) in [5, 5.41) is 3.23. The molecule has 15 heavy (non-hydrogen) atoms. The molecule has 80 valence electrons. The van der Waals surface area contributed by atoms with Crippen molar-refractivity contribution in [2.75, 3.05) is 0 Å². The van der Waals surface area contributed by atoms with Crippen LogP contribution in [0.2, 0.25) is 0 Å². The van der Waals surface area contributed by atoms with Crippen molar-refractivity contribution in [1.82, 2.24) is 4.98 Å². The van der Waals surface area contributed by atoms with E-state index in [-0.39, 0.29) is 17.0 Å². The highest BCUT2D eigenvalue weighted by molar-refractivity contribution is 7.09. The summed E-state index contributed by atoms with van der Waals surface area (Å²) in [6, 6.07) is 6.49. The summed E-state index contributed by atoms with van der Waals surface area (Å²) in [6.07, 6.45) is 0. The maximum atomic E-state index is 4.47. The highest BCUT2D eigenvalue weighted by Crippen LogP contribution is 2.23. The first kappa shape index (κ1) is 12.4. The zero-order chi connectivity index (χ0) is 10.1. The minimum Gasteiger partial charge on any atom is -1.00 e. The number of hydrogen-bond acceptors (Lipinski definition) is 2. The molecular formula is C12H13BrNS-. The fraction of sp³-hybridized carbons (Fsp3) is 0.250. The van der Waals surface area contributed by atoms with Crippen molar-refractivity contribution in [1.29, 1.82) is 0 Å². The van der Waals surface area contributed by atoms with Crippen LogP contribution in [0.3, 0.4) is 0 Å². The first-order valence-electron chi connectivity index (χ1n) is 4.66. The SMILES string of the molecule is Cc1nc(-c2ccc(C)c(C)c2)cs1.[Br-]. The smallest absolute Gasteiger partial charge is 0.0901 e. The lowest BCUT2D eigenvalue weighted by Gasteiger charge is -2.02. The first-order chi connectivity index (χ1) is 6.66. The van der Waals surface area contributed by atoms with Gasteiger partial charge in [0.05, 0.1) is 10.7 Å². The number of aryl methyl sites for hydroxylation is 3. The van der Waals surface area contributed by atoms with Crippen LogP contribution in [0.1, 0.15) is 16.1 Å². The Labute approximate surface area is 105 Å². The molecule has 0 fully saturated rings. The number of nitrogens with zero attached hydrogens (tertiary/aromatic N) is 1. The summed E-state index contributed by atoms with van der Waals surface area (Å²) in [5.74, 6) is 0. The quantitative estimate of drug-likeness (QED) is 0.752. The standard InChI is InChI=1S/C12H13NS.BrH/c1-8-4-5-11(6-9(8)2)12-7-14-10(3)13-12;/h4-7H,1-3H3;1H/p-1. The lowest BCUT2D eigenvalue weighted by molar-refractivity contribution is -0.00000303. The predicted octanol–water partition coefficient (Wildman–Crippen LogP) is 0.739. The van der Waals surface area contributed by atoms with Gasteiger partial charge in [0, 0.05) is 10.9 Å². The van der Waals surface area contributed by atoms with Crippen molar-refractivity contribution >= 4 is 11.3 Å². The number of rotatable bonds is 1. The Balaban J connectivity index is 0.00000112. The maximum Gasteiger partial charge on any atom is 0.0901 e. The monoisotopic (exact) mass is 282 g/mol. The molecule has 0 bridgehead atoms. The van der Waals surface area contributed by atoms with Crippen LogP contribution in [0.15, 0.2) is 23.6 Å². The predicted molar refractivity (Wildman–Crippen MR) is 61.8 cm³/mol. The van der Waals surface area contributed by atoms with Gasteiger partial charge in [-0.25, -0.2) is 4.98 Å². The molecule has 1 nitrogen and oxygen atoms in total. The Hall–Kier alpha value is -0.670. The lowest BCUT2D eigenvalue weighted by Crippen LogP contribution is -3.00. The van der Waals surface area contributed by atoms with Crippen LogP contribution in [0.5, 0.6) is 0 Å².